The average molecular weight is 232 g/mol. The summed E-state index contributed by atoms with van der Waals surface area (Å²) in [5, 5.41) is 0. The van der Waals surface area contributed by atoms with Crippen LogP contribution in [0.15, 0.2) is 24.3 Å². The van der Waals surface area contributed by atoms with Crippen molar-refractivity contribution in [3.8, 4) is 0 Å². The normalized spacial score (nSPS) is 24.8. The molecule has 0 aromatic heterocycles. The van der Waals surface area contributed by atoms with Gasteiger partial charge >= 0.3 is 0 Å². The number of aryl methyl sites for hydroxylation is 1. The molecule has 94 valence electrons. The first kappa shape index (κ1) is 12.6. The van der Waals surface area contributed by atoms with Crippen LogP contribution in [0.2, 0.25) is 0 Å². The fraction of sp³-hybridized carbons (Fsp3) is 0.600. The Hall–Kier alpha value is -0.860. The summed E-state index contributed by atoms with van der Waals surface area (Å²) in [5.74, 6) is 0.806. The van der Waals surface area contributed by atoms with Gasteiger partial charge in [-0.05, 0) is 43.9 Å². The molecule has 0 aliphatic carbocycles. The lowest BCUT2D eigenvalue weighted by Crippen LogP contribution is -2.38. The van der Waals surface area contributed by atoms with E-state index in [-0.39, 0.29) is 6.04 Å². The zero-order valence-electron chi connectivity index (χ0n) is 11.2. The van der Waals surface area contributed by atoms with Crippen molar-refractivity contribution in [2.75, 3.05) is 13.1 Å². The zero-order valence-corrected chi connectivity index (χ0v) is 11.2. The standard InChI is InChI=1S/C15H24N2/c1-11-8-9-17(10-11)15(13(3)16)14-7-5-4-6-12(14)2/h4-7,11,13,15H,8-10,16H2,1-3H3. The number of rotatable bonds is 3. The molecule has 1 aliphatic heterocycles. The maximum atomic E-state index is 6.22. The summed E-state index contributed by atoms with van der Waals surface area (Å²) in [6, 6.07) is 9.19. The van der Waals surface area contributed by atoms with Gasteiger partial charge in [0.15, 0.2) is 0 Å². The molecule has 1 aromatic rings. The number of hydrogen-bond donors (Lipinski definition) is 1. The molecule has 0 bridgehead atoms. The number of nitrogens with zero attached hydrogens (tertiary/aromatic N) is 1. The first-order valence-corrected chi connectivity index (χ1v) is 6.64. The summed E-state index contributed by atoms with van der Waals surface area (Å²) in [4.78, 5) is 2.55. The Morgan fingerprint density at radius 1 is 1.35 bits per heavy atom. The van der Waals surface area contributed by atoms with Gasteiger partial charge in [-0.2, -0.15) is 0 Å². The van der Waals surface area contributed by atoms with Crippen molar-refractivity contribution in [2.45, 2.75) is 39.3 Å². The second-order valence-corrected chi connectivity index (χ2v) is 5.55. The van der Waals surface area contributed by atoms with Gasteiger partial charge in [0.2, 0.25) is 0 Å². The van der Waals surface area contributed by atoms with Crippen LogP contribution in [-0.2, 0) is 0 Å². The lowest BCUT2D eigenvalue weighted by Gasteiger charge is -2.32. The predicted octanol–water partition coefficient (Wildman–Crippen LogP) is 2.73. The Labute approximate surface area is 105 Å². The number of nitrogens with two attached hydrogens (primary N) is 1. The minimum atomic E-state index is 0.182. The summed E-state index contributed by atoms with van der Waals surface area (Å²) in [6.07, 6.45) is 1.30. The third kappa shape index (κ3) is 2.70. The minimum Gasteiger partial charge on any atom is -0.326 e. The third-order valence-corrected chi connectivity index (χ3v) is 3.85. The van der Waals surface area contributed by atoms with Crippen molar-refractivity contribution in [2.24, 2.45) is 11.7 Å². The van der Waals surface area contributed by atoms with E-state index in [4.69, 9.17) is 5.73 Å². The lowest BCUT2D eigenvalue weighted by molar-refractivity contribution is 0.212. The van der Waals surface area contributed by atoms with E-state index in [1.807, 2.05) is 0 Å². The minimum absolute atomic E-state index is 0.182. The molecule has 2 rings (SSSR count). The molecule has 2 heteroatoms. The molecule has 17 heavy (non-hydrogen) atoms. The molecule has 0 amide bonds. The fourth-order valence-corrected chi connectivity index (χ4v) is 2.95. The van der Waals surface area contributed by atoms with Gasteiger partial charge in [0.25, 0.3) is 0 Å². The Bertz CT molecular complexity index is 373. The molecule has 2 nitrogen and oxygen atoms in total. The number of benzene rings is 1. The van der Waals surface area contributed by atoms with E-state index in [1.54, 1.807) is 0 Å². The highest BCUT2D eigenvalue weighted by atomic mass is 15.2. The summed E-state index contributed by atoms with van der Waals surface area (Å²) >= 11 is 0. The molecule has 0 radical (unpaired) electrons. The predicted molar refractivity (Wildman–Crippen MR) is 72.9 cm³/mol. The summed E-state index contributed by atoms with van der Waals surface area (Å²) in [6.45, 7) is 9.00. The van der Waals surface area contributed by atoms with Crippen LogP contribution in [0.25, 0.3) is 0 Å². The molecule has 0 spiro atoms. The summed E-state index contributed by atoms with van der Waals surface area (Å²) < 4.78 is 0. The maximum Gasteiger partial charge on any atom is 0.0499 e. The van der Waals surface area contributed by atoms with Crippen molar-refractivity contribution in [3.63, 3.8) is 0 Å². The third-order valence-electron chi connectivity index (χ3n) is 3.85. The molecule has 0 saturated carbocycles. The van der Waals surface area contributed by atoms with Gasteiger partial charge in [-0.1, -0.05) is 31.2 Å². The SMILES string of the molecule is Cc1ccccc1C(C(C)N)N1CCC(C)C1. The molecule has 3 unspecified atom stereocenters. The average Bonchev–Trinajstić information content (AvgIpc) is 2.68. The van der Waals surface area contributed by atoms with Crippen LogP contribution >= 0.6 is 0 Å². The van der Waals surface area contributed by atoms with Crippen molar-refractivity contribution in [3.05, 3.63) is 35.4 Å². The molecule has 1 fully saturated rings. The van der Waals surface area contributed by atoms with Gasteiger partial charge in [0, 0.05) is 18.6 Å². The van der Waals surface area contributed by atoms with Gasteiger partial charge in [-0.3, -0.25) is 4.90 Å². The van der Waals surface area contributed by atoms with Crippen LogP contribution in [0, 0.1) is 12.8 Å². The number of likely N-dealkylation sites (tertiary alicyclic amines) is 1. The smallest absolute Gasteiger partial charge is 0.0499 e. The van der Waals surface area contributed by atoms with E-state index >= 15 is 0 Å². The monoisotopic (exact) mass is 232 g/mol. The number of hydrogen-bond acceptors (Lipinski definition) is 2. The highest BCUT2D eigenvalue weighted by molar-refractivity contribution is 5.30. The van der Waals surface area contributed by atoms with E-state index in [9.17, 15) is 0 Å². The lowest BCUT2D eigenvalue weighted by atomic mass is 9.95. The van der Waals surface area contributed by atoms with E-state index < -0.39 is 0 Å². The van der Waals surface area contributed by atoms with E-state index in [0.717, 1.165) is 5.92 Å². The second kappa shape index (κ2) is 5.19. The molecule has 2 N–H and O–H groups in total. The Morgan fingerprint density at radius 3 is 2.59 bits per heavy atom. The first-order valence-electron chi connectivity index (χ1n) is 6.64. The van der Waals surface area contributed by atoms with Crippen molar-refractivity contribution >= 4 is 0 Å². The van der Waals surface area contributed by atoms with Gasteiger partial charge in [-0.25, -0.2) is 0 Å². The van der Waals surface area contributed by atoms with Crippen molar-refractivity contribution in [1.82, 2.24) is 4.90 Å². The van der Waals surface area contributed by atoms with Gasteiger partial charge in [0.1, 0.15) is 0 Å². The molecular weight excluding hydrogens is 208 g/mol. The zero-order chi connectivity index (χ0) is 12.4. The Kier molecular flexibility index (Phi) is 3.85. The van der Waals surface area contributed by atoms with Crippen molar-refractivity contribution < 1.29 is 0 Å². The van der Waals surface area contributed by atoms with E-state index in [2.05, 4.69) is 49.9 Å². The molecule has 3 atom stereocenters. The highest BCUT2D eigenvalue weighted by Gasteiger charge is 2.29. The Morgan fingerprint density at radius 2 is 2.06 bits per heavy atom. The van der Waals surface area contributed by atoms with Crippen LogP contribution in [0.5, 0.6) is 0 Å². The topological polar surface area (TPSA) is 29.3 Å². The maximum absolute atomic E-state index is 6.22. The van der Waals surface area contributed by atoms with Crippen LogP contribution < -0.4 is 5.73 Å². The quantitative estimate of drug-likeness (QED) is 0.868. The fourth-order valence-electron chi connectivity index (χ4n) is 2.95. The van der Waals surface area contributed by atoms with Crippen molar-refractivity contribution in [1.29, 1.82) is 0 Å². The second-order valence-electron chi connectivity index (χ2n) is 5.55. The largest absolute Gasteiger partial charge is 0.326 e. The summed E-state index contributed by atoms with van der Waals surface area (Å²) in [7, 11) is 0. The van der Waals surface area contributed by atoms with Crippen LogP contribution in [0.4, 0.5) is 0 Å². The molecule has 1 aliphatic rings. The van der Waals surface area contributed by atoms with Gasteiger partial charge in [0.05, 0.1) is 0 Å². The van der Waals surface area contributed by atoms with E-state index in [1.165, 1.54) is 30.6 Å². The van der Waals surface area contributed by atoms with Gasteiger partial charge in [-0.15, -0.1) is 0 Å². The molecule has 1 heterocycles. The van der Waals surface area contributed by atoms with Crippen LogP contribution in [0.1, 0.15) is 37.4 Å². The molecular formula is C15H24N2. The molecule has 1 saturated heterocycles. The molecule has 1 aromatic carbocycles. The van der Waals surface area contributed by atoms with E-state index in [0.29, 0.717) is 6.04 Å². The first-order chi connectivity index (χ1) is 8.09. The Balaban J connectivity index is 2.27. The van der Waals surface area contributed by atoms with Crippen LogP contribution in [0.3, 0.4) is 0 Å². The van der Waals surface area contributed by atoms with Gasteiger partial charge < -0.3 is 5.73 Å². The summed E-state index contributed by atoms with van der Waals surface area (Å²) in [5.41, 5.74) is 8.98. The van der Waals surface area contributed by atoms with Crippen LogP contribution in [-0.4, -0.2) is 24.0 Å². The highest BCUT2D eigenvalue weighted by Crippen LogP contribution is 2.31.